The zero-order valence-corrected chi connectivity index (χ0v) is 17.4. The molecule has 0 saturated carbocycles. The van der Waals surface area contributed by atoms with Crippen LogP contribution in [0.15, 0.2) is 24.3 Å². The fourth-order valence-corrected chi connectivity index (χ4v) is 4.14. The Balaban J connectivity index is 1.77. The van der Waals surface area contributed by atoms with Crippen LogP contribution in [0.1, 0.15) is 39.3 Å². The van der Waals surface area contributed by atoms with Gasteiger partial charge in [-0.3, -0.25) is 4.79 Å². The highest BCUT2D eigenvalue weighted by atomic mass is 16.5. The second kappa shape index (κ2) is 8.45. The average molecular weight is 464 g/mol. The van der Waals surface area contributed by atoms with E-state index in [0.717, 1.165) is 6.07 Å². The quantitative estimate of drug-likeness (QED) is 0.286. The number of ketones is 1. The summed E-state index contributed by atoms with van der Waals surface area (Å²) >= 11 is 0. The van der Waals surface area contributed by atoms with Gasteiger partial charge in [-0.1, -0.05) is 12.1 Å². The van der Waals surface area contributed by atoms with Gasteiger partial charge in [0, 0.05) is 6.07 Å². The molecule has 2 aliphatic heterocycles. The van der Waals surface area contributed by atoms with Gasteiger partial charge in [-0.05, 0) is 24.1 Å². The molecule has 2 aromatic carbocycles. The third kappa shape index (κ3) is 3.68. The lowest BCUT2D eigenvalue weighted by Gasteiger charge is -2.41. The van der Waals surface area contributed by atoms with E-state index in [1.54, 1.807) is 19.1 Å². The van der Waals surface area contributed by atoms with Gasteiger partial charge in [0.2, 0.25) is 5.78 Å². The fraction of sp³-hybridized carbons (Fsp3) is 0.409. The van der Waals surface area contributed by atoms with Gasteiger partial charge < -0.3 is 50.3 Å². The Morgan fingerprint density at radius 2 is 1.61 bits per heavy atom. The molecule has 11 heteroatoms. The number of aliphatic hydroxyl groups excluding tert-OH is 5. The first-order valence-corrected chi connectivity index (χ1v) is 10.1. The predicted octanol–water partition coefficient (Wildman–Crippen LogP) is -0.696. The molecule has 7 atom stereocenters. The number of phenols is 3. The molecule has 1 saturated heterocycles. The van der Waals surface area contributed by atoms with Crippen LogP contribution in [0.25, 0.3) is 0 Å². The van der Waals surface area contributed by atoms with E-state index in [9.17, 15) is 45.6 Å². The highest BCUT2D eigenvalue weighted by Gasteiger charge is 2.48. The number of ether oxygens (including phenoxy) is 2. The van der Waals surface area contributed by atoms with Crippen molar-refractivity contribution in [2.75, 3.05) is 6.61 Å². The molecule has 8 N–H and O–H groups in total. The van der Waals surface area contributed by atoms with Crippen molar-refractivity contribution in [1.29, 1.82) is 0 Å². The zero-order chi connectivity index (χ0) is 24.2. The predicted molar refractivity (Wildman–Crippen MR) is 109 cm³/mol. The molecule has 0 aromatic heterocycles. The summed E-state index contributed by atoms with van der Waals surface area (Å²) in [4.78, 5) is 13.0. The molecule has 0 aliphatic carbocycles. The van der Waals surface area contributed by atoms with Crippen LogP contribution in [0, 0.1) is 6.92 Å². The van der Waals surface area contributed by atoms with Crippen molar-refractivity contribution in [3.05, 3.63) is 46.5 Å². The van der Waals surface area contributed by atoms with Crippen LogP contribution in [0.2, 0.25) is 0 Å². The molecule has 5 unspecified atom stereocenters. The Hall–Kier alpha value is -2.93. The summed E-state index contributed by atoms with van der Waals surface area (Å²) < 4.78 is 11.0. The van der Waals surface area contributed by atoms with Crippen LogP contribution in [0.5, 0.6) is 23.0 Å². The Morgan fingerprint density at radius 3 is 2.24 bits per heavy atom. The standard InChI is InChI=1S/C22H24O11/c1-7-2-3-8(4-9(7)24)21-19(30)17(28)14-11(32-21)5-10(25)13(16(14)27)22-20(31)18(29)15(26)12(6-23)33-22/h2-5,12,15,18-27,29-31H,6H2,1H3/t12?,15?,18?,19-,20?,21+,22?/m1/s1. The van der Waals surface area contributed by atoms with Gasteiger partial charge in [-0.15, -0.1) is 0 Å². The lowest BCUT2D eigenvalue weighted by molar-refractivity contribution is -0.232. The van der Waals surface area contributed by atoms with E-state index < -0.39 is 77.7 Å². The van der Waals surface area contributed by atoms with Crippen molar-refractivity contribution >= 4 is 5.78 Å². The summed E-state index contributed by atoms with van der Waals surface area (Å²) in [7, 11) is 0. The van der Waals surface area contributed by atoms with E-state index in [1.807, 2.05) is 0 Å². The largest absolute Gasteiger partial charge is 0.508 e. The van der Waals surface area contributed by atoms with Crippen molar-refractivity contribution in [3.63, 3.8) is 0 Å². The van der Waals surface area contributed by atoms with Gasteiger partial charge in [0.25, 0.3) is 0 Å². The number of hydrogen-bond acceptors (Lipinski definition) is 11. The Kier molecular flexibility index (Phi) is 5.95. The minimum atomic E-state index is -1.83. The third-order valence-electron chi connectivity index (χ3n) is 6.08. The SMILES string of the molecule is Cc1ccc([C@@H]2Oc3cc(O)c(C4OC(CO)C(O)C(O)C4O)c(O)c3C(=O)[C@H]2O)cc1O. The zero-order valence-electron chi connectivity index (χ0n) is 17.4. The van der Waals surface area contributed by atoms with Crippen molar-refractivity contribution in [3.8, 4) is 23.0 Å². The number of carbonyl (C=O) groups is 1. The van der Waals surface area contributed by atoms with Crippen LogP contribution >= 0.6 is 0 Å². The van der Waals surface area contributed by atoms with Gasteiger partial charge in [-0.25, -0.2) is 0 Å². The van der Waals surface area contributed by atoms with Crippen molar-refractivity contribution in [1.82, 2.24) is 0 Å². The third-order valence-corrected chi connectivity index (χ3v) is 6.08. The number of hydrogen-bond donors (Lipinski definition) is 8. The second-order valence-electron chi connectivity index (χ2n) is 8.17. The summed E-state index contributed by atoms with van der Waals surface area (Å²) in [5, 5.41) is 81.7. The van der Waals surface area contributed by atoms with E-state index in [2.05, 4.69) is 0 Å². The molecule has 0 radical (unpaired) electrons. The van der Waals surface area contributed by atoms with E-state index in [4.69, 9.17) is 9.47 Å². The molecule has 0 amide bonds. The maximum Gasteiger partial charge on any atom is 0.202 e. The van der Waals surface area contributed by atoms with E-state index in [-0.39, 0.29) is 17.1 Å². The lowest BCUT2D eigenvalue weighted by Crippen LogP contribution is -2.55. The highest BCUT2D eigenvalue weighted by Crippen LogP contribution is 2.49. The van der Waals surface area contributed by atoms with E-state index in [0.29, 0.717) is 5.56 Å². The molecule has 2 heterocycles. The summed E-state index contributed by atoms with van der Waals surface area (Å²) in [5.74, 6) is -2.82. The summed E-state index contributed by atoms with van der Waals surface area (Å²) in [5.41, 5.74) is -0.127. The topological polar surface area (TPSA) is 197 Å². The number of aromatic hydroxyl groups is 3. The smallest absolute Gasteiger partial charge is 0.202 e. The maximum absolute atomic E-state index is 13.0. The molecule has 33 heavy (non-hydrogen) atoms. The van der Waals surface area contributed by atoms with Crippen LogP contribution in [0.3, 0.4) is 0 Å². The molecular formula is C22H24O11. The minimum absolute atomic E-state index is 0.0785. The highest BCUT2D eigenvalue weighted by molar-refractivity contribution is 6.06. The number of rotatable bonds is 3. The summed E-state index contributed by atoms with van der Waals surface area (Å²) in [6, 6.07) is 5.42. The second-order valence-corrected chi connectivity index (χ2v) is 8.17. The Morgan fingerprint density at radius 1 is 0.909 bits per heavy atom. The summed E-state index contributed by atoms with van der Waals surface area (Å²) in [6.07, 6.45) is -11.2. The number of phenolic OH excluding ortho intramolecular Hbond substituents is 3. The number of carbonyl (C=O) groups excluding carboxylic acids is 1. The number of fused-ring (bicyclic) bond motifs is 1. The number of aryl methyl sites for hydroxylation is 1. The molecule has 2 aliphatic rings. The number of Topliss-reactive ketones (excluding diaryl/α,β-unsaturated/α-hetero) is 1. The van der Waals surface area contributed by atoms with Crippen LogP contribution in [-0.4, -0.2) is 83.8 Å². The first-order valence-electron chi connectivity index (χ1n) is 10.1. The van der Waals surface area contributed by atoms with E-state index >= 15 is 0 Å². The van der Waals surface area contributed by atoms with Gasteiger partial charge in [0.05, 0.1) is 12.2 Å². The van der Waals surface area contributed by atoms with Crippen molar-refractivity contribution < 1.29 is 55.1 Å². The lowest BCUT2D eigenvalue weighted by atomic mass is 9.86. The Bertz CT molecular complexity index is 1080. The molecule has 0 spiro atoms. The number of benzene rings is 2. The molecule has 4 rings (SSSR count). The van der Waals surface area contributed by atoms with Crippen LogP contribution in [-0.2, 0) is 4.74 Å². The van der Waals surface area contributed by atoms with Crippen LogP contribution < -0.4 is 4.74 Å². The monoisotopic (exact) mass is 464 g/mol. The Labute approximate surface area is 187 Å². The molecule has 178 valence electrons. The first-order chi connectivity index (χ1) is 15.6. The van der Waals surface area contributed by atoms with Crippen molar-refractivity contribution in [2.24, 2.45) is 0 Å². The molecule has 1 fully saturated rings. The molecule has 0 bridgehead atoms. The first kappa shape index (κ1) is 23.2. The van der Waals surface area contributed by atoms with Gasteiger partial charge >= 0.3 is 0 Å². The van der Waals surface area contributed by atoms with E-state index in [1.165, 1.54) is 6.07 Å². The molecule has 11 nitrogen and oxygen atoms in total. The number of aliphatic hydroxyl groups is 5. The molecule has 2 aromatic rings. The van der Waals surface area contributed by atoms with Gasteiger partial charge in [0.1, 0.15) is 59.1 Å². The summed E-state index contributed by atoms with van der Waals surface area (Å²) in [6.45, 7) is 0.925. The van der Waals surface area contributed by atoms with Crippen LogP contribution in [0.4, 0.5) is 0 Å². The minimum Gasteiger partial charge on any atom is -0.508 e. The van der Waals surface area contributed by atoms with Gasteiger partial charge in [0.15, 0.2) is 12.2 Å². The fourth-order valence-electron chi connectivity index (χ4n) is 4.14. The maximum atomic E-state index is 13.0. The van der Waals surface area contributed by atoms with Crippen molar-refractivity contribution in [2.45, 2.75) is 49.7 Å². The van der Waals surface area contributed by atoms with Gasteiger partial charge in [-0.2, -0.15) is 0 Å². The molecular weight excluding hydrogens is 440 g/mol. The average Bonchev–Trinajstić information content (AvgIpc) is 2.77. The normalized spacial score (nSPS) is 31.7.